The summed E-state index contributed by atoms with van der Waals surface area (Å²) in [6, 6.07) is 0. The summed E-state index contributed by atoms with van der Waals surface area (Å²) in [5.74, 6) is -0.108. The number of carbonyl (C=O) groups is 1. The van der Waals surface area contributed by atoms with Crippen LogP contribution in [0.5, 0.6) is 0 Å². The predicted octanol–water partition coefficient (Wildman–Crippen LogP) is 0.168. The van der Waals surface area contributed by atoms with Crippen molar-refractivity contribution in [2.24, 2.45) is 0 Å². The number of hydrogen-bond donors (Lipinski definition) is 3. The van der Waals surface area contributed by atoms with E-state index in [4.69, 9.17) is 5.73 Å². The van der Waals surface area contributed by atoms with E-state index in [1.807, 2.05) is 0 Å². The molecule has 1 rings (SSSR count). The Labute approximate surface area is 128 Å². The average Bonchev–Trinajstić information content (AvgIpc) is 2.77. The lowest BCUT2D eigenvalue weighted by Gasteiger charge is -2.17. The van der Waals surface area contributed by atoms with Crippen LogP contribution >= 0.6 is 11.5 Å². The van der Waals surface area contributed by atoms with E-state index >= 15 is 0 Å². The molecule has 1 aromatic rings. The second kappa shape index (κ2) is 7.57. The summed E-state index contributed by atoms with van der Waals surface area (Å²) < 4.78 is 28.2. The molecule has 0 radical (unpaired) electrons. The molecular weight excluding hydrogens is 314 g/mol. The first-order valence-corrected chi connectivity index (χ1v) is 9.09. The van der Waals surface area contributed by atoms with Crippen molar-refractivity contribution in [2.45, 2.75) is 13.3 Å². The van der Waals surface area contributed by atoms with Crippen molar-refractivity contribution in [1.29, 1.82) is 0 Å². The molecule has 0 unspecified atom stereocenters. The van der Waals surface area contributed by atoms with Crippen LogP contribution in [0.2, 0.25) is 0 Å². The predicted molar refractivity (Wildman–Crippen MR) is 85.1 cm³/mol. The van der Waals surface area contributed by atoms with Crippen molar-refractivity contribution in [3.05, 3.63) is 5.56 Å². The molecule has 0 bridgehead atoms. The molecule has 8 nitrogen and oxygen atoms in total. The van der Waals surface area contributed by atoms with E-state index in [-0.39, 0.29) is 11.7 Å². The first-order chi connectivity index (χ1) is 9.81. The molecule has 0 atom stereocenters. The molecule has 0 saturated carbocycles. The molecule has 10 heteroatoms. The largest absolute Gasteiger partial charge is 0.382 e. The third kappa shape index (κ3) is 4.83. The van der Waals surface area contributed by atoms with Crippen molar-refractivity contribution in [3.63, 3.8) is 0 Å². The van der Waals surface area contributed by atoms with E-state index in [0.717, 1.165) is 11.5 Å². The van der Waals surface area contributed by atoms with Crippen molar-refractivity contribution in [3.8, 4) is 0 Å². The smallest absolute Gasteiger partial charge is 0.257 e. The van der Waals surface area contributed by atoms with E-state index in [0.29, 0.717) is 36.6 Å². The zero-order chi connectivity index (χ0) is 16.0. The van der Waals surface area contributed by atoms with Gasteiger partial charge in [0.15, 0.2) is 5.82 Å². The number of aromatic nitrogens is 1. The molecule has 0 aliphatic carbocycles. The minimum absolute atomic E-state index is 0.188. The lowest BCUT2D eigenvalue weighted by molar-refractivity contribution is 0.0965. The fourth-order valence-corrected chi connectivity index (χ4v) is 3.45. The minimum Gasteiger partial charge on any atom is -0.382 e. The quantitative estimate of drug-likeness (QED) is 0.583. The molecule has 0 spiro atoms. The standard InChI is InChI=1S/C11H21N5O3S2/c1-4-16(21(3,18)19)7-5-6-14-11-8(10(17)13-2)9(12)15-20-11/h14H,4-7H2,1-3H3,(H2,12,15)(H,13,17). The number of carbonyl (C=O) groups excluding carboxylic acids is 1. The number of rotatable bonds is 8. The summed E-state index contributed by atoms with van der Waals surface area (Å²) in [5, 5.41) is 6.17. The van der Waals surface area contributed by atoms with Crippen LogP contribution in [0.25, 0.3) is 0 Å². The Balaban J connectivity index is 2.56. The molecule has 1 aromatic heterocycles. The molecule has 4 N–H and O–H groups in total. The van der Waals surface area contributed by atoms with Gasteiger partial charge in [-0.3, -0.25) is 4.79 Å². The van der Waals surface area contributed by atoms with Gasteiger partial charge in [-0.1, -0.05) is 6.92 Å². The van der Waals surface area contributed by atoms with Gasteiger partial charge in [0.2, 0.25) is 10.0 Å². The second-order valence-corrected chi connectivity index (χ2v) is 7.14. The van der Waals surface area contributed by atoms with Crippen LogP contribution in [0.1, 0.15) is 23.7 Å². The highest BCUT2D eigenvalue weighted by atomic mass is 32.2. The Morgan fingerprint density at radius 2 is 2.14 bits per heavy atom. The number of nitrogens with zero attached hydrogens (tertiary/aromatic N) is 2. The van der Waals surface area contributed by atoms with E-state index in [2.05, 4.69) is 15.0 Å². The van der Waals surface area contributed by atoms with E-state index in [9.17, 15) is 13.2 Å². The molecule has 1 amide bonds. The van der Waals surface area contributed by atoms with Crippen LogP contribution in [0.15, 0.2) is 0 Å². The van der Waals surface area contributed by atoms with Crippen LogP contribution < -0.4 is 16.4 Å². The zero-order valence-electron chi connectivity index (χ0n) is 12.3. The van der Waals surface area contributed by atoms with Gasteiger partial charge >= 0.3 is 0 Å². The maximum Gasteiger partial charge on any atom is 0.257 e. The number of hydrogen-bond acceptors (Lipinski definition) is 7. The fourth-order valence-electron chi connectivity index (χ4n) is 1.78. The first-order valence-electron chi connectivity index (χ1n) is 6.47. The van der Waals surface area contributed by atoms with Crippen molar-refractivity contribution in [2.75, 3.05) is 44.0 Å². The molecule has 0 aromatic carbocycles. The topological polar surface area (TPSA) is 117 Å². The van der Waals surface area contributed by atoms with Crippen molar-refractivity contribution < 1.29 is 13.2 Å². The van der Waals surface area contributed by atoms with Gasteiger partial charge in [-0.2, -0.15) is 4.37 Å². The van der Waals surface area contributed by atoms with Crippen LogP contribution in [-0.2, 0) is 10.0 Å². The number of sulfonamides is 1. The normalized spacial score (nSPS) is 11.6. The molecule has 21 heavy (non-hydrogen) atoms. The van der Waals surface area contributed by atoms with Gasteiger partial charge in [0.1, 0.15) is 10.6 Å². The van der Waals surface area contributed by atoms with Gasteiger partial charge in [0, 0.05) is 26.7 Å². The van der Waals surface area contributed by atoms with E-state index in [1.165, 1.54) is 17.6 Å². The Morgan fingerprint density at radius 1 is 1.48 bits per heavy atom. The molecule has 1 heterocycles. The van der Waals surface area contributed by atoms with Gasteiger partial charge in [-0.05, 0) is 18.0 Å². The Hall–Kier alpha value is -1.39. The monoisotopic (exact) mass is 335 g/mol. The second-order valence-electron chi connectivity index (χ2n) is 4.39. The van der Waals surface area contributed by atoms with Crippen LogP contribution in [-0.4, -0.2) is 55.9 Å². The van der Waals surface area contributed by atoms with Crippen LogP contribution in [0.4, 0.5) is 10.8 Å². The average molecular weight is 335 g/mol. The number of anilines is 2. The Bertz CT molecular complexity index is 585. The van der Waals surface area contributed by atoms with Crippen molar-refractivity contribution >= 4 is 38.3 Å². The number of amides is 1. The third-order valence-electron chi connectivity index (χ3n) is 2.86. The maximum atomic E-state index is 11.7. The lowest BCUT2D eigenvalue weighted by atomic mass is 10.3. The number of nitrogens with one attached hydrogen (secondary N) is 2. The van der Waals surface area contributed by atoms with E-state index in [1.54, 1.807) is 6.92 Å². The lowest BCUT2D eigenvalue weighted by Crippen LogP contribution is -2.31. The molecule has 0 saturated heterocycles. The fraction of sp³-hybridized carbons (Fsp3) is 0.636. The SMILES string of the molecule is CCN(CCCNc1snc(N)c1C(=O)NC)S(C)(=O)=O. The summed E-state index contributed by atoms with van der Waals surface area (Å²) in [4.78, 5) is 11.7. The first kappa shape index (κ1) is 17.7. The minimum atomic E-state index is -3.17. The summed E-state index contributed by atoms with van der Waals surface area (Å²) >= 11 is 1.11. The summed E-state index contributed by atoms with van der Waals surface area (Å²) in [7, 11) is -1.65. The molecule has 0 aliphatic rings. The molecule has 120 valence electrons. The zero-order valence-corrected chi connectivity index (χ0v) is 14.0. The summed E-state index contributed by atoms with van der Waals surface area (Å²) in [6.45, 7) is 3.18. The molecule has 0 aliphatic heterocycles. The summed E-state index contributed by atoms with van der Waals surface area (Å²) in [6.07, 6.45) is 1.81. The molecular formula is C11H21N5O3S2. The highest BCUT2D eigenvalue weighted by Gasteiger charge is 2.18. The van der Waals surface area contributed by atoms with E-state index < -0.39 is 10.0 Å². The number of nitrogens with two attached hydrogens (primary N) is 1. The van der Waals surface area contributed by atoms with Gasteiger partial charge in [0.25, 0.3) is 5.91 Å². The van der Waals surface area contributed by atoms with Gasteiger partial charge in [-0.25, -0.2) is 12.7 Å². The number of nitrogen functional groups attached to an aromatic ring is 1. The maximum absolute atomic E-state index is 11.7. The third-order valence-corrected chi connectivity index (χ3v) is 5.06. The highest BCUT2D eigenvalue weighted by molar-refractivity contribution is 7.88. The van der Waals surface area contributed by atoms with Crippen LogP contribution in [0, 0.1) is 0 Å². The Kier molecular flexibility index (Phi) is 6.37. The van der Waals surface area contributed by atoms with Crippen molar-refractivity contribution in [1.82, 2.24) is 14.0 Å². The van der Waals surface area contributed by atoms with Crippen LogP contribution in [0.3, 0.4) is 0 Å². The Morgan fingerprint density at radius 3 is 2.67 bits per heavy atom. The van der Waals surface area contributed by atoms with Gasteiger partial charge < -0.3 is 16.4 Å². The molecule has 0 fully saturated rings. The van der Waals surface area contributed by atoms with Gasteiger partial charge in [0.05, 0.1) is 6.26 Å². The highest BCUT2D eigenvalue weighted by Crippen LogP contribution is 2.26. The summed E-state index contributed by atoms with van der Waals surface area (Å²) in [5.41, 5.74) is 5.99. The van der Waals surface area contributed by atoms with Gasteiger partial charge in [-0.15, -0.1) is 0 Å².